The van der Waals surface area contributed by atoms with E-state index in [1.807, 2.05) is 30.3 Å². The van der Waals surface area contributed by atoms with Crippen molar-refractivity contribution in [3.05, 3.63) is 71.3 Å². The van der Waals surface area contributed by atoms with E-state index >= 15 is 0 Å². The van der Waals surface area contributed by atoms with Gasteiger partial charge in [-0.15, -0.1) is 0 Å². The molecule has 2 atom stereocenters. The highest BCUT2D eigenvalue weighted by atomic mass is 16.1. The van der Waals surface area contributed by atoms with Crippen LogP contribution in [0.15, 0.2) is 59.6 Å². The number of carbonyl (C=O) groups is 1. The van der Waals surface area contributed by atoms with Crippen molar-refractivity contribution in [3.63, 3.8) is 0 Å². The molecule has 1 aliphatic carbocycles. The number of guanidine groups is 1. The van der Waals surface area contributed by atoms with Gasteiger partial charge in [-0.25, -0.2) is 0 Å². The minimum Gasteiger partial charge on any atom is -0.356 e. The van der Waals surface area contributed by atoms with E-state index in [0.29, 0.717) is 17.5 Å². The molecule has 2 unspecified atom stereocenters. The Morgan fingerprint density at radius 1 is 1.15 bits per heavy atom. The summed E-state index contributed by atoms with van der Waals surface area (Å²) >= 11 is 0. The van der Waals surface area contributed by atoms with Gasteiger partial charge in [-0.05, 0) is 36.1 Å². The third-order valence-electron chi connectivity index (χ3n) is 4.69. The molecule has 5 heteroatoms. The van der Waals surface area contributed by atoms with Gasteiger partial charge in [0.05, 0.1) is 0 Å². The summed E-state index contributed by atoms with van der Waals surface area (Å²) in [6.07, 6.45) is 1.97. The first-order valence-electron chi connectivity index (χ1n) is 9.04. The second-order valence-electron chi connectivity index (χ2n) is 6.53. The molecule has 0 aromatic heterocycles. The molecule has 0 aliphatic heterocycles. The Hall–Kier alpha value is -2.82. The molecule has 1 aliphatic rings. The summed E-state index contributed by atoms with van der Waals surface area (Å²) in [4.78, 5) is 16.0. The van der Waals surface area contributed by atoms with Crippen LogP contribution in [0.5, 0.6) is 0 Å². The number of amides is 1. The molecule has 2 aromatic carbocycles. The largest absolute Gasteiger partial charge is 0.356 e. The van der Waals surface area contributed by atoms with Crippen molar-refractivity contribution in [2.75, 3.05) is 20.6 Å². The number of nitrogens with one attached hydrogen (secondary N) is 3. The molecular formula is C21H26N4O. The van der Waals surface area contributed by atoms with Crippen LogP contribution in [0.25, 0.3) is 0 Å². The molecular weight excluding hydrogens is 324 g/mol. The minimum atomic E-state index is -0.0574. The average Bonchev–Trinajstić information content (AvgIpc) is 3.46. The van der Waals surface area contributed by atoms with E-state index in [1.165, 1.54) is 5.56 Å². The van der Waals surface area contributed by atoms with E-state index in [0.717, 1.165) is 30.9 Å². The fourth-order valence-electron chi connectivity index (χ4n) is 3.13. The van der Waals surface area contributed by atoms with Crippen molar-refractivity contribution in [1.29, 1.82) is 0 Å². The summed E-state index contributed by atoms with van der Waals surface area (Å²) in [5.74, 6) is 1.34. The first kappa shape index (κ1) is 18.0. The van der Waals surface area contributed by atoms with E-state index in [-0.39, 0.29) is 5.91 Å². The first-order chi connectivity index (χ1) is 12.7. The average molecular weight is 350 g/mol. The SMILES string of the molecule is CN=C(NCCc1cccc(C(=O)NC)c1)NC1CC1c1ccccc1. The van der Waals surface area contributed by atoms with Crippen LogP contribution in [0.3, 0.4) is 0 Å². The van der Waals surface area contributed by atoms with Crippen molar-refractivity contribution in [1.82, 2.24) is 16.0 Å². The second-order valence-corrected chi connectivity index (χ2v) is 6.53. The smallest absolute Gasteiger partial charge is 0.251 e. The summed E-state index contributed by atoms with van der Waals surface area (Å²) in [6, 6.07) is 18.8. The molecule has 136 valence electrons. The van der Waals surface area contributed by atoms with Crippen LogP contribution in [0.4, 0.5) is 0 Å². The number of hydrogen-bond donors (Lipinski definition) is 3. The first-order valence-corrected chi connectivity index (χ1v) is 9.04. The quantitative estimate of drug-likeness (QED) is 0.553. The van der Waals surface area contributed by atoms with Crippen LogP contribution in [-0.4, -0.2) is 38.5 Å². The number of rotatable bonds is 6. The van der Waals surface area contributed by atoms with Gasteiger partial charge in [0.2, 0.25) is 0 Å². The van der Waals surface area contributed by atoms with Gasteiger partial charge in [0.15, 0.2) is 5.96 Å². The summed E-state index contributed by atoms with van der Waals surface area (Å²) in [5.41, 5.74) is 3.20. The van der Waals surface area contributed by atoms with Gasteiger partial charge < -0.3 is 16.0 Å². The van der Waals surface area contributed by atoms with Gasteiger partial charge in [-0.1, -0.05) is 42.5 Å². The van der Waals surface area contributed by atoms with Gasteiger partial charge in [0.1, 0.15) is 0 Å². The minimum absolute atomic E-state index is 0.0574. The number of aliphatic imine (C=N–C) groups is 1. The molecule has 0 heterocycles. The van der Waals surface area contributed by atoms with Gasteiger partial charge in [0, 0.05) is 38.2 Å². The lowest BCUT2D eigenvalue weighted by atomic mass is 10.1. The number of benzene rings is 2. The highest BCUT2D eigenvalue weighted by Crippen LogP contribution is 2.40. The van der Waals surface area contributed by atoms with Crippen molar-refractivity contribution < 1.29 is 4.79 Å². The fourth-order valence-corrected chi connectivity index (χ4v) is 3.13. The van der Waals surface area contributed by atoms with Gasteiger partial charge in [-0.3, -0.25) is 9.79 Å². The third-order valence-corrected chi connectivity index (χ3v) is 4.69. The topological polar surface area (TPSA) is 65.5 Å². The Morgan fingerprint density at radius 2 is 1.96 bits per heavy atom. The fraction of sp³-hybridized carbons (Fsp3) is 0.333. The molecule has 0 bridgehead atoms. The predicted octanol–water partition coefficient (Wildman–Crippen LogP) is 2.31. The van der Waals surface area contributed by atoms with Crippen LogP contribution < -0.4 is 16.0 Å². The van der Waals surface area contributed by atoms with Crippen molar-refractivity contribution in [2.24, 2.45) is 4.99 Å². The van der Waals surface area contributed by atoms with Gasteiger partial charge >= 0.3 is 0 Å². The Balaban J connectivity index is 1.46. The normalized spacial score (nSPS) is 18.9. The summed E-state index contributed by atoms with van der Waals surface area (Å²) in [7, 11) is 3.44. The maximum atomic E-state index is 11.7. The molecule has 3 rings (SSSR count). The van der Waals surface area contributed by atoms with Crippen molar-refractivity contribution >= 4 is 11.9 Å². The maximum absolute atomic E-state index is 11.7. The van der Waals surface area contributed by atoms with Crippen LogP contribution in [0.1, 0.15) is 33.8 Å². The summed E-state index contributed by atoms with van der Waals surface area (Å²) in [5, 5.41) is 9.51. The molecule has 0 saturated heterocycles. The van der Waals surface area contributed by atoms with Gasteiger partial charge in [0.25, 0.3) is 5.91 Å². The van der Waals surface area contributed by atoms with Crippen LogP contribution in [-0.2, 0) is 6.42 Å². The number of nitrogens with zero attached hydrogens (tertiary/aromatic N) is 1. The lowest BCUT2D eigenvalue weighted by Gasteiger charge is -2.12. The van der Waals surface area contributed by atoms with E-state index in [9.17, 15) is 4.79 Å². The molecule has 1 saturated carbocycles. The molecule has 1 fully saturated rings. The molecule has 3 N–H and O–H groups in total. The Labute approximate surface area is 154 Å². The van der Waals surface area contributed by atoms with E-state index < -0.39 is 0 Å². The lowest BCUT2D eigenvalue weighted by molar-refractivity contribution is 0.0963. The maximum Gasteiger partial charge on any atom is 0.251 e. The standard InChI is InChI=1S/C21H26N4O/c1-22-20(26)17-10-6-7-15(13-17)11-12-24-21(23-2)25-19-14-18(19)16-8-4-3-5-9-16/h3-10,13,18-19H,11-12,14H2,1-2H3,(H,22,26)(H2,23,24,25). The number of hydrogen-bond acceptors (Lipinski definition) is 2. The van der Waals surface area contributed by atoms with Crippen molar-refractivity contribution in [2.45, 2.75) is 24.8 Å². The summed E-state index contributed by atoms with van der Waals surface area (Å²) < 4.78 is 0. The molecule has 1 amide bonds. The Morgan fingerprint density at radius 3 is 2.69 bits per heavy atom. The summed E-state index contributed by atoms with van der Waals surface area (Å²) in [6.45, 7) is 0.763. The van der Waals surface area contributed by atoms with Crippen LogP contribution >= 0.6 is 0 Å². The van der Waals surface area contributed by atoms with E-state index in [4.69, 9.17) is 0 Å². The predicted molar refractivity (Wildman–Crippen MR) is 106 cm³/mol. The number of carbonyl (C=O) groups excluding carboxylic acids is 1. The van der Waals surface area contributed by atoms with Crippen LogP contribution in [0.2, 0.25) is 0 Å². The van der Waals surface area contributed by atoms with Crippen LogP contribution in [0, 0.1) is 0 Å². The monoisotopic (exact) mass is 350 g/mol. The van der Waals surface area contributed by atoms with Crippen molar-refractivity contribution in [3.8, 4) is 0 Å². The van der Waals surface area contributed by atoms with E-state index in [2.05, 4.69) is 45.2 Å². The molecule has 0 spiro atoms. The third kappa shape index (κ3) is 4.63. The zero-order valence-corrected chi connectivity index (χ0v) is 15.3. The highest BCUT2D eigenvalue weighted by molar-refractivity contribution is 5.94. The molecule has 2 aromatic rings. The molecule has 0 radical (unpaired) electrons. The zero-order valence-electron chi connectivity index (χ0n) is 15.3. The highest BCUT2D eigenvalue weighted by Gasteiger charge is 2.38. The Kier molecular flexibility index (Phi) is 5.89. The molecule has 26 heavy (non-hydrogen) atoms. The molecule has 5 nitrogen and oxygen atoms in total. The van der Waals surface area contributed by atoms with Gasteiger partial charge in [-0.2, -0.15) is 0 Å². The van der Waals surface area contributed by atoms with E-state index in [1.54, 1.807) is 14.1 Å². The zero-order chi connectivity index (χ0) is 18.4. The Bertz CT molecular complexity index is 773. The lowest BCUT2D eigenvalue weighted by Crippen LogP contribution is -2.39. The second kappa shape index (κ2) is 8.52.